The number of aromatic nitrogens is 3. The van der Waals surface area contributed by atoms with Crippen molar-refractivity contribution in [3.8, 4) is 11.1 Å². The molecule has 31 heavy (non-hydrogen) atoms. The molecule has 4 aromatic rings. The summed E-state index contributed by atoms with van der Waals surface area (Å²) in [5, 5.41) is 1.21. The molecule has 160 valence electrons. The van der Waals surface area contributed by atoms with Gasteiger partial charge in [-0.15, -0.1) is 11.3 Å². The lowest BCUT2D eigenvalue weighted by Crippen LogP contribution is -2.12. The van der Waals surface area contributed by atoms with Crippen LogP contribution in [0.5, 0.6) is 0 Å². The fourth-order valence-corrected chi connectivity index (χ4v) is 4.66. The Hall–Kier alpha value is -2.81. The number of carbonyl (C=O) groups is 1. The number of halogens is 1. The van der Waals surface area contributed by atoms with E-state index in [-0.39, 0.29) is 18.8 Å². The molecule has 0 saturated heterocycles. The highest BCUT2D eigenvalue weighted by Gasteiger charge is 2.25. The van der Waals surface area contributed by atoms with E-state index in [9.17, 15) is 9.59 Å². The number of hydrogen-bond acceptors (Lipinski definition) is 7. The van der Waals surface area contributed by atoms with Gasteiger partial charge in [-0.3, -0.25) is 4.79 Å². The van der Waals surface area contributed by atoms with Crippen LogP contribution in [0, 0.1) is 6.92 Å². The quantitative estimate of drug-likeness (QED) is 0.415. The van der Waals surface area contributed by atoms with Gasteiger partial charge in [-0.25, -0.2) is 14.8 Å². The monoisotopic (exact) mass is 457 g/mol. The number of carbonyl (C=O) groups excluding carboxylic acids is 1. The number of esters is 1. The van der Waals surface area contributed by atoms with Crippen LogP contribution in [0.3, 0.4) is 0 Å². The molecular weight excluding hydrogens is 438 g/mol. The number of ether oxygens (including phenoxy) is 2. The van der Waals surface area contributed by atoms with E-state index in [1.165, 1.54) is 11.3 Å². The molecule has 0 spiro atoms. The smallest absolute Gasteiger partial charge is 0.340 e. The number of nitrogens with one attached hydrogen (secondary N) is 1. The van der Waals surface area contributed by atoms with Crippen molar-refractivity contribution in [3.05, 3.63) is 56.7 Å². The normalized spacial score (nSPS) is 11.4. The SMILES string of the molecule is CCOCc1nc2c(sc3nc(C)c(C(=O)OCC)c(-c4ccc(Cl)cc4)c32)c(=O)[nH]1. The van der Waals surface area contributed by atoms with Crippen LogP contribution in [0.1, 0.15) is 35.7 Å². The number of thiophene rings is 1. The average molecular weight is 458 g/mol. The Morgan fingerprint density at radius 2 is 1.90 bits per heavy atom. The third kappa shape index (κ3) is 3.94. The molecule has 3 aromatic heterocycles. The van der Waals surface area contributed by atoms with E-state index in [0.717, 1.165) is 5.56 Å². The number of pyridine rings is 1. The summed E-state index contributed by atoms with van der Waals surface area (Å²) in [7, 11) is 0. The molecule has 0 fully saturated rings. The number of aromatic amines is 1. The second-order valence-corrected chi connectivity index (χ2v) is 8.22. The molecular formula is C22H20ClN3O4S. The second-order valence-electron chi connectivity index (χ2n) is 6.78. The van der Waals surface area contributed by atoms with Crippen molar-refractivity contribution >= 4 is 49.3 Å². The number of nitrogens with zero attached hydrogens (tertiary/aromatic N) is 2. The zero-order chi connectivity index (χ0) is 22.1. The Labute approximate surface area is 187 Å². The maximum Gasteiger partial charge on any atom is 0.340 e. The van der Waals surface area contributed by atoms with Crippen molar-refractivity contribution in [2.24, 2.45) is 0 Å². The summed E-state index contributed by atoms with van der Waals surface area (Å²) in [5.74, 6) is -0.0579. The van der Waals surface area contributed by atoms with E-state index in [0.29, 0.717) is 54.7 Å². The Morgan fingerprint density at radius 3 is 2.58 bits per heavy atom. The van der Waals surface area contributed by atoms with E-state index in [1.807, 2.05) is 19.1 Å². The van der Waals surface area contributed by atoms with Crippen molar-refractivity contribution < 1.29 is 14.3 Å². The van der Waals surface area contributed by atoms with Gasteiger partial charge in [-0.05, 0) is 38.5 Å². The highest BCUT2D eigenvalue weighted by Crippen LogP contribution is 2.40. The lowest BCUT2D eigenvalue weighted by Gasteiger charge is -2.13. The molecule has 0 bridgehead atoms. The standard InChI is InChI=1S/C22H20ClN3O4S/c1-4-29-10-14-25-18-17-16(12-6-8-13(23)9-7-12)15(22(28)30-5-2)11(3)24-21(17)31-19(18)20(27)26-14/h6-9H,4-5,10H2,1-3H3,(H,25,26,27). The molecule has 0 aliphatic heterocycles. The fourth-order valence-electron chi connectivity index (χ4n) is 3.47. The van der Waals surface area contributed by atoms with Gasteiger partial charge in [-0.1, -0.05) is 23.7 Å². The van der Waals surface area contributed by atoms with Crippen LogP contribution in [0.4, 0.5) is 0 Å². The van der Waals surface area contributed by atoms with Gasteiger partial charge in [0.25, 0.3) is 5.56 Å². The summed E-state index contributed by atoms with van der Waals surface area (Å²) in [4.78, 5) is 38.3. The number of rotatable bonds is 6. The average Bonchev–Trinajstić information content (AvgIpc) is 3.10. The minimum atomic E-state index is -0.474. The van der Waals surface area contributed by atoms with E-state index < -0.39 is 5.97 Å². The summed E-state index contributed by atoms with van der Waals surface area (Å²) in [5.41, 5.74) is 2.49. The van der Waals surface area contributed by atoms with Gasteiger partial charge < -0.3 is 14.5 Å². The predicted octanol–water partition coefficient (Wildman–Crippen LogP) is 4.87. The maximum absolute atomic E-state index is 12.9. The van der Waals surface area contributed by atoms with E-state index in [2.05, 4.69) is 15.0 Å². The molecule has 0 unspecified atom stereocenters. The molecule has 0 saturated carbocycles. The molecule has 9 heteroatoms. The van der Waals surface area contributed by atoms with Crippen LogP contribution in [0.2, 0.25) is 5.02 Å². The first kappa shape index (κ1) is 21.4. The van der Waals surface area contributed by atoms with Crippen molar-refractivity contribution in [2.75, 3.05) is 13.2 Å². The van der Waals surface area contributed by atoms with E-state index >= 15 is 0 Å². The van der Waals surface area contributed by atoms with Crippen molar-refractivity contribution in [1.29, 1.82) is 0 Å². The van der Waals surface area contributed by atoms with Gasteiger partial charge in [0.2, 0.25) is 0 Å². The lowest BCUT2D eigenvalue weighted by molar-refractivity contribution is 0.0526. The molecule has 1 aromatic carbocycles. The van der Waals surface area contributed by atoms with Gasteiger partial charge in [0, 0.05) is 22.6 Å². The van der Waals surface area contributed by atoms with Gasteiger partial charge in [0.1, 0.15) is 22.0 Å². The molecule has 0 atom stereocenters. The maximum atomic E-state index is 12.9. The fraction of sp³-hybridized carbons (Fsp3) is 0.273. The van der Waals surface area contributed by atoms with E-state index in [4.69, 9.17) is 21.1 Å². The van der Waals surface area contributed by atoms with E-state index in [1.54, 1.807) is 26.0 Å². The molecule has 7 nitrogen and oxygen atoms in total. The highest BCUT2D eigenvalue weighted by molar-refractivity contribution is 7.25. The number of fused-ring (bicyclic) bond motifs is 3. The third-order valence-corrected chi connectivity index (χ3v) is 6.09. The largest absolute Gasteiger partial charge is 0.462 e. The zero-order valence-electron chi connectivity index (χ0n) is 17.2. The lowest BCUT2D eigenvalue weighted by atomic mass is 9.95. The van der Waals surface area contributed by atoms with Crippen LogP contribution in [0.15, 0.2) is 29.1 Å². The topological polar surface area (TPSA) is 94.2 Å². The number of aryl methyl sites for hydroxylation is 1. The van der Waals surface area contributed by atoms with Crippen LogP contribution in [-0.4, -0.2) is 34.1 Å². The summed E-state index contributed by atoms with van der Waals surface area (Å²) >= 11 is 7.34. The first-order chi connectivity index (χ1) is 14.9. The Bertz CT molecular complexity index is 1350. The van der Waals surface area contributed by atoms with Crippen LogP contribution >= 0.6 is 22.9 Å². The zero-order valence-corrected chi connectivity index (χ0v) is 18.8. The Morgan fingerprint density at radius 1 is 1.16 bits per heavy atom. The summed E-state index contributed by atoms with van der Waals surface area (Å²) < 4.78 is 11.2. The predicted molar refractivity (Wildman–Crippen MR) is 122 cm³/mol. The van der Waals surface area contributed by atoms with Gasteiger partial charge in [0.15, 0.2) is 0 Å². The van der Waals surface area contributed by atoms with Crippen LogP contribution < -0.4 is 5.56 Å². The first-order valence-electron chi connectivity index (χ1n) is 9.81. The van der Waals surface area contributed by atoms with Crippen LogP contribution in [0.25, 0.3) is 31.6 Å². The molecule has 4 rings (SSSR count). The summed E-state index contributed by atoms with van der Waals surface area (Å²) in [6.45, 7) is 6.29. The molecule has 0 radical (unpaired) electrons. The molecule has 0 aliphatic rings. The Balaban J connectivity index is 2.13. The Kier molecular flexibility index (Phi) is 6.04. The minimum Gasteiger partial charge on any atom is -0.462 e. The number of hydrogen-bond donors (Lipinski definition) is 1. The van der Waals surface area contributed by atoms with Crippen LogP contribution in [-0.2, 0) is 16.1 Å². The molecule has 0 aliphatic carbocycles. The number of benzene rings is 1. The first-order valence-corrected chi connectivity index (χ1v) is 11.0. The van der Waals surface area contributed by atoms with Gasteiger partial charge in [-0.2, -0.15) is 0 Å². The number of H-pyrrole nitrogens is 1. The highest BCUT2D eigenvalue weighted by atomic mass is 35.5. The van der Waals surface area contributed by atoms with Gasteiger partial charge >= 0.3 is 5.97 Å². The second kappa shape index (κ2) is 8.74. The van der Waals surface area contributed by atoms with Crippen molar-refractivity contribution in [2.45, 2.75) is 27.4 Å². The summed E-state index contributed by atoms with van der Waals surface area (Å²) in [6.07, 6.45) is 0. The molecule has 3 heterocycles. The minimum absolute atomic E-state index is 0.180. The van der Waals surface area contributed by atoms with Crippen molar-refractivity contribution in [3.63, 3.8) is 0 Å². The van der Waals surface area contributed by atoms with Crippen molar-refractivity contribution in [1.82, 2.24) is 15.0 Å². The molecule has 0 amide bonds. The van der Waals surface area contributed by atoms with Gasteiger partial charge in [0.05, 0.1) is 23.4 Å². The third-order valence-electron chi connectivity index (χ3n) is 4.76. The molecule has 1 N–H and O–H groups in total. The summed E-state index contributed by atoms with van der Waals surface area (Å²) in [6, 6.07) is 7.17.